The van der Waals surface area contributed by atoms with Crippen LogP contribution in [0.2, 0.25) is 0 Å². The molecule has 0 radical (unpaired) electrons. The number of unbranched alkanes of at least 4 members (excludes halogenated alkanes) is 1. The molecule has 0 aliphatic heterocycles. The molecule has 1 heteroatoms. The van der Waals surface area contributed by atoms with Crippen molar-refractivity contribution in [2.24, 2.45) is 16.6 Å². The van der Waals surface area contributed by atoms with E-state index in [2.05, 4.69) is 55.5 Å². The van der Waals surface area contributed by atoms with E-state index < -0.39 is 0 Å². The molecule has 1 spiro atoms. The van der Waals surface area contributed by atoms with Crippen molar-refractivity contribution >= 4 is 0 Å². The SMILES string of the molecule is CCCCC1(CCCN)C=CC2(C=CCC=C2)C=C1. The van der Waals surface area contributed by atoms with Crippen molar-refractivity contribution in [3.63, 3.8) is 0 Å². The molecule has 0 amide bonds. The Kier molecular flexibility index (Phi) is 4.81. The minimum Gasteiger partial charge on any atom is -0.330 e. The number of hydrogen-bond donors (Lipinski definition) is 1. The number of allylic oxidation sites excluding steroid dienone is 8. The smallest absolute Gasteiger partial charge is 0.0424 e. The summed E-state index contributed by atoms with van der Waals surface area (Å²) in [6, 6.07) is 0. The maximum absolute atomic E-state index is 5.70. The van der Waals surface area contributed by atoms with Crippen molar-refractivity contribution < 1.29 is 0 Å². The van der Waals surface area contributed by atoms with Gasteiger partial charge in [0.1, 0.15) is 0 Å². The maximum atomic E-state index is 5.70. The zero-order chi connectivity index (χ0) is 13.6. The van der Waals surface area contributed by atoms with Crippen LogP contribution >= 0.6 is 0 Å². The molecule has 0 atom stereocenters. The third-order valence-electron chi connectivity index (χ3n) is 4.34. The molecular formula is C18H27N. The van der Waals surface area contributed by atoms with Crippen LogP contribution in [-0.4, -0.2) is 6.54 Å². The van der Waals surface area contributed by atoms with Crippen molar-refractivity contribution in [1.82, 2.24) is 0 Å². The molecule has 2 N–H and O–H groups in total. The second-order valence-electron chi connectivity index (χ2n) is 5.94. The Morgan fingerprint density at radius 3 is 2.11 bits per heavy atom. The monoisotopic (exact) mass is 257 g/mol. The predicted molar refractivity (Wildman–Crippen MR) is 83.9 cm³/mol. The van der Waals surface area contributed by atoms with Crippen LogP contribution in [0.4, 0.5) is 0 Å². The van der Waals surface area contributed by atoms with Gasteiger partial charge >= 0.3 is 0 Å². The van der Waals surface area contributed by atoms with Crippen LogP contribution in [0.5, 0.6) is 0 Å². The summed E-state index contributed by atoms with van der Waals surface area (Å²) >= 11 is 0. The zero-order valence-corrected chi connectivity index (χ0v) is 12.1. The van der Waals surface area contributed by atoms with Crippen molar-refractivity contribution in [3.05, 3.63) is 48.6 Å². The van der Waals surface area contributed by atoms with Gasteiger partial charge in [0.15, 0.2) is 0 Å². The van der Waals surface area contributed by atoms with Crippen LogP contribution in [0.1, 0.15) is 45.4 Å². The second-order valence-corrected chi connectivity index (χ2v) is 5.94. The summed E-state index contributed by atoms with van der Waals surface area (Å²) in [4.78, 5) is 0. The minimum atomic E-state index is 0.0523. The third kappa shape index (κ3) is 3.48. The van der Waals surface area contributed by atoms with E-state index in [4.69, 9.17) is 5.73 Å². The van der Waals surface area contributed by atoms with Crippen LogP contribution < -0.4 is 5.73 Å². The zero-order valence-electron chi connectivity index (χ0n) is 12.1. The van der Waals surface area contributed by atoms with Gasteiger partial charge in [-0.3, -0.25) is 0 Å². The van der Waals surface area contributed by atoms with Gasteiger partial charge in [-0.05, 0) is 32.2 Å². The fraction of sp³-hybridized carbons (Fsp3) is 0.556. The third-order valence-corrected chi connectivity index (χ3v) is 4.34. The number of hydrogen-bond acceptors (Lipinski definition) is 1. The first kappa shape index (κ1) is 14.3. The molecule has 104 valence electrons. The minimum absolute atomic E-state index is 0.0523. The van der Waals surface area contributed by atoms with E-state index in [1.54, 1.807) is 0 Å². The molecule has 2 aliphatic rings. The quantitative estimate of drug-likeness (QED) is 0.695. The van der Waals surface area contributed by atoms with Crippen molar-refractivity contribution in [2.45, 2.75) is 45.4 Å². The number of nitrogens with two attached hydrogens (primary N) is 1. The van der Waals surface area contributed by atoms with Gasteiger partial charge in [0.05, 0.1) is 0 Å². The highest BCUT2D eigenvalue weighted by atomic mass is 14.5. The highest BCUT2D eigenvalue weighted by Gasteiger charge is 2.30. The predicted octanol–water partition coefficient (Wildman–Crippen LogP) is 4.53. The van der Waals surface area contributed by atoms with Gasteiger partial charge in [0, 0.05) is 10.8 Å². The van der Waals surface area contributed by atoms with Crippen LogP contribution in [0.25, 0.3) is 0 Å². The maximum Gasteiger partial charge on any atom is 0.0424 e. The van der Waals surface area contributed by atoms with Crippen LogP contribution in [0.3, 0.4) is 0 Å². The molecule has 0 aromatic rings. The molecule has 0 saturated carbocycles. The van der Waals surface area contributed by atoms with Gasteiger partial charge in [-0.15, -0.1) is 0 Å². The first-order chi connectivity index (χ1) is 9.24. The van der Waals surface area contributed by atoms with E-state index in [9.17, 15) is 0 Å². The molecule has 2 rings (SSSR count). The molecule has 0 unspecified atom stereocenters. The van der Waals surface area contributed by atoms with Crippen LogP contribution in [0, 0.1) is 10.8 Å². The largest absolute Gasteiger partial charge is 0.330 e. The first-order valence-electron chi connectivity index (χ1n) is 7.70. The van der Waals surface area contributed by atoms with Crippen molar-refractivity contribution in [2.75, 3.05) is 6.54 Å². The lowest BCUT2D eigenvalue weighted by molar-refractivity contribution is 0.379. The normalized spacial score (nSPS) is 22.2. The average molecular weight is 257 g/mol. The summed E-state index contributed by atoms with van der Waals surface area (Å²) in [5.74, 6) is 0. The van der Waals surface area contributed by atoms with Gasteiger partial charge in [-0.25, -0.2) is 0 Å². The summed E-state index contributed by atoms with van der Waals surface area (Å²) in [5, 5.41) is 0. The molecule has 0 bridgehead atoms. The Morgan fingerprint density at radius 1 is 0.895 bits per heavy atom. The molecule has 1 nitrogen and oxygen atoms in total. The van der Waals surface area contributed by atoms with E-state index in [0.717, 1.165) is 19.4 Å². The first-order valence-corrected chi connectivity index (χ1v) is 7.70. The van der Waals surface area contributed by atoms with Crippen molar-refractivity contribution in [1.29, 1.82) is 0 Å². The van der Waals surface area contributed by atoms with E-state index in [1.165, 1.54) is 25.7 Å². The lowest BCUT2D eigenvalue weighted by Crippen LogP contribution is -2.24. The Bertz CT molecular complexity index is 360. The van der Waals surface area contributed by atoms with Crippen LogP contribution in [0.15, 0.2) is 48.6 Å². The fourth-order valence-electron chi connectivity index (χ4n) is 3.03. The molecule has 2 aliphatic carbocycles. The molecule has 0 heterocycles. The second kappa shape index (κ2) is 6.38. The van der Waals surface area contributed by atoms with Gasteiger partial charge in [0.2, 0.25) is 0 Å². The Labute approximate surface area is 118 Å². The number of rotatable bonds is 6. The molecule has 0 aromatic carbocycles. The lowest BCUT2D eigenvalue weighted by Gasteiger charge is -2.35. The van der Waals surface area contributed by atoms with Gasteiger partial charge in [-0.2, -0.15) is 0 Å². The Balaban J connectivity index is 2.12. The highest BCUT2D eigenvalue weighted by Crippen LogP contribution is 2.42. The fourth-order valence-corrected chi connectivity index (χ4v) is 3.03. The van der Waals surface area contributed by atoms with E-state index >= 15 is 0 Å². The Hall–Kier alpha value is -1.08. The summed E-state index contributed by atoms with van der Waals surface area (Å²) in [6.07, 6.45) is 25.9. The van der Waals surface area contributed by atoms with Crippen LogP contribution in [-0.2, 0) is 0 Å². The van der Waals surface area contributed by atoms with Crippen molar-refractivity contribution in [3.8, 4) is 0 Å². The molecule has 19 heavy (non-hydrogen) atoms. The van der Waals surface area contributed by atoms with Gasteiger partial charge < -0.3 is 5.73 Å². The summed E-state index contributed by atoms with van der Waals surface area (Å²) < 4.78 is 0. The van der Waals surface area contributed by atoms with E-state index in [0.29, 0.717) is 0 Å². The highest BCUT2D eigenvalue weighted by molar-refractivity contribution is 5.38. The summed E-state index contributed by atoms with van der Waals surface area (Å²) in [5.41, 5.74) is 6.00. The lowest BCUT2D eigenvalue weighted by atomic mass is 9.69. The molecule has 0 fully saturated rings. The Morgan fingerprint density at radius 2 is 1.53 bits per heavy atom. The topological polar surface area (TPSA) is 26.0 Å². The van der Waals surface area contributed by atoms with E-state index in [1.807, 2.05) is 0 Å². The van der Waals surface area contributed by atoms with Gasteiger partial charge in [0.25, 0.3) is 0 Å². The van der Waals surface area contributed by atoms with Gasteiger partial charge in [-0.1, -0.05) is 68.4 Å². The summed E-state index contributed by atoms with van der Waals surface area (Å²) in [6.45, 7) is 3.06. The van der Waals surface area contributed by atoms with E-state index in [-0.39, 0.29) is 10.8 Å². The summed E-state index contributed by atoms with van der Waals surface area (Å²) in [7, 11) is 0. The standard InChI is InChI=1S/C18H27N/c1-2-3-8-17(11-7-16-19)12-14-18(15-13-17)9-5-4-6-10-18/h5-6,9-10,12-15H,2-4,7-8,11,16,19H2,1H3. The average Bonchev–Trinajstić information content (AvgIpc) is 2.47. The molecular weight excluding hydrogens is 230 g/mol. The molecule has 0 aromatic heterocycles. The molecule has 0 saturated heterocycles.